The Morgan fingerprint density at radius 3 is 2.89 bits per heavy atom. The van der Waals surface area contributed by atoms with E-state index < -0.39 is 0 Å². The highest BCUT2D eigenvalue weighted by molar-refractivity contribution is 14.1. The van der Waals surface area contributed by atoms with Crippen molar-refractivity contribution in [2.45, 2.75) is 6.54 Å². The Morgan fingerprint density at radius 1 is 1.39 bits per heavy atom. The van der Waals surface area contributed by atoms with E-state index in [9.17, 15) is 4.79 Å². The fourth-order valence-corrected chi connectivity index (χ4v) is 1.85. The summed E-state index contributed by atoms with van der Waals surface area (Å²) in [6, 6.07) is 9.15. The summed E-state index contributed by atoms with van der Waals surface area (Å²) in [7, 11) is 0. The van der Waals surface area contributed by atoms with Crippen LogP contribution >= 0.6 is 34.2 Å². The van der Waals surface area contributed by atoms with Crippen LogP contribution in [-0.4, -0.2) is 13.5 Å². The van der Waals surface area contributed by atoms with Crippen molar-refractivity contribution >= 4 is 38.1 Å². The van der Waals surface area contributed by atoms with E-state index in [1.165, 1.54) is 0 Å². The highest BCUT2D eigenvalue weighted by atomic mass is 127. The van der Waals surface area contributed by atoms with Gasteiger partial charge < -0.3 is 4.57 Å². The largest absolute Gasteiger partial charge is 0.328 e. The Kier molecular flexibility index (Phi) is 4.48. The number of halogens is 2. The van der Waals surface area contributed by atoms with Crippen LogP contribution in [0.25, 0.3) is 0 Å². The molecule has 0 spiro atoms. The van der Waals surface area contributed by atoms with Crippen LogP contribution in [0.3, 0.4) is 0 Å². The second-order valence-corrected chi connectivity index (χ2v) is 4.85. The van der Waals surface area contributed by atoms with Crippen LogP contribution < -0.4 is 5.49 Å². The molecule has 4 nitrogen and oxygen atoms in total. The summed E-state index contributed by atoms with van der Waals surface area (Å²) >= 11 is 7.38. The second kappa shape index (κ2) is 6.10. The third kappa shape index (κ3) is 3.64. The molecule has 0 N–H and O–H groups in total. The highest BCUT2D eigenvalue weighted by Gasteiger charge is 1.98. The van der Waals surface area contributed by atoms with Gasteiger partial charge in [-0.15, -0.1) is 0 Å². The summed E-state index contributed by atoms with van der Waals surface area (Å²) < 4.78 is 1.63. The lowest BCUT2D eigenvalue weighted by molar-refractivity contribution is 0.269. The molecule has 0 atom stereocenters. The van der Waals surface area contributed by atoms with E-state index in [0.717, 1.165) is 5.56 Å². The van der Waals surface area contributed by atoms with Crippen LogP contribution in [0, 0.1) is 0 Å². The molecule has 6 heteroatoms. The number of aromatic nitrogens is 2. The van der Waals surface area contributed by atoms with E-state index in [-0.39, 0.29) is 3.91 Å². The number of pyridine rings is 2. The molecule has 0 aliphatic rings. The molecule has 2 aromatic rings. The predicted octanol–water partition coefficient (Wildman–Crippen LogP) is 3.04. The molecule has 2 aromatic heterocycles. The van der Waals surface area contributed by atoms with E-state index in [1.54, 1.807) is 40.9 Å². The summed E-state index contributed by atoms with van der Waals surface area (Å²) in [6.45, 7) is 0.591. The first-order chi connectivity index (χ1) is 8.65. The average molecular weight is 374 g/mol. The van der Waals surface area contributed by atoms with Gasteiger partial charge in [0.15, 0.2) is 0 Å². The first-order valence-electron chi connectivity index (χ1n) is 5.15. The van der Waals surface area contributed by atoms with Crippen molar-refractivity contribution in [2.75, 3.05) is 0 Å². The van der Waals surface area contributed by atoms with Gasteiger partial charge in [-0.2, -0.15) is 4.99 Å². The standard InChI is InChI=1S/C12H9ClIN3O/c13-10-5-4-9(7-15-10)8-17-6-2-1-3-11(17)16-12(14)18/h1-7H,8H2. The quantitative estimate of drug-likeness (QED) is 0.352. The first-order valence-corrected chi connectivity index (χ1v) is 6.61. The molecule has 2 rings (SSSR count). The van der Waals surface area contributed by atoms with Gasteiger partial charge in [0.1, 0.15) is 10.6 Å². The maximum absolute atomic E-state index is 11.0. The van der Waals surface area contributed by atoms with Crippen molar-refractivity contribution in [2.24, 2.45) is 4.99 Å². The molecule has 0 saturated carbocycles. The van der Waals surface area contributed by atoms with Crippen molar-refractivity contribution in [1.29, 1.82) is 0 Å². The molecular weight excluding hydrogens is 365 g/mol. The average Bonchev–Trinajstić information content (AvgIpc) is 2.34. The number of amides is 1. The molecule has 0 aliphatic carbocycles. The van der Waals surface area contributed by atoms with Gasteiger partial charge in [-0.3, -0.25) is 4.79 Å². The van der Waals surface area contributed by atoms with Gasteiger partial charge in [-0.1, -0.05) is 23.7 Å². The Bertz CT molecular complexity index is 622. The van der Waals surface area contributed by atoms with Crippen LogP contribution in [0.15, 0.2) is 47.7 Å². The van der Waals surface area contributed by atoms with Crippen LogP contribution in [0.5, 0.6) is 0 Å². The molecule has 0 saturated heterocycles. The van der Waals surface area contributed by atoms with Crippen molar-refractivity contribution in [1.82, 2.24) is 9.55 Å². The topological polar surface area (TPSA) is 47.2 Å². The summed E-state index contributed by atoms with van der Waals surface area (Å²) in [5.74, 6) is 0. The molecule has 0 aliphatic heterocycles. The minimum atomic E-state index is -0.248. The number of carbonyl (C=O) groups excluding carboxylic acids is 1. The lowest BCUT2D eigenvalue weighted by Gasteiger charge is -2.06. The Balaban J connectivity index is 2.35. The molecule has 18 heavy (non-hydrogen) atoms. The van der Waals surface area contributed by atoms with Crippen LogP contribution in [0.1, 0.15) is 5.56 Å². The number of hydrogen-bond donors (Lipinski definition) is 0. The summed E-state index contributed by atoms with van der Waals surface area (Å²) in [4.78, 5) is 19.0. The van der Waals surface area contributed by atoms with E-state index in [2.05, 4.69) is 9.98 Å². The minimum absolute atomic E-state index is 0.248. The number of rotatable bonds is 2. The van der Waals surface area contributed by atoms with Gasteiger partial charge in [-0.25, -0.2) is 4.98 Å². The van der Waals surface area contributed by atoms with E-state index in [4.69, 9.17) is 11.6 Å². The van der Waals surface area contributed by atoms with Gasteiger partial charge in [-0.05, 0) is 23.8 Å². The smallest absolute Gasteiger partial charge is 0.308 e. The van der Waals surface area contributed by atoms with Crippen molar-refractivity contribution in [3.8, 4) is 0 Å². The predicted molar refractivity (Wildman–Crippen MR) is 77.8 cm³/mol. The number of carbonyl (C=O) groups is 1. The fourth-order valence-electron chi connectivity index (χ4n) is 1.49. The highest BCUT2D eigenvalue weighted by Crippen LogP contribution is 2.06. The third-order valence-corrected chi connectivity index (χ3v) is 2.73. The zero-order valence-corrected chi connectivity index (χ0v) is 12.2. The van der Waals surface area contributed by atoms with Crippen molar-refractivity contribution in [3.63, 3.8) is 0 Å². The van der Waals surface area contributed by atoms with Crippen LogP contribution in [0.2, 0.25) is 5.15 Å². The van der Waals surface area contributed by atoms with E-state index >= 15 is 0 Å². The molecule has 1 amide bonds. The maximum atomic E-state index is 11.0. The van der Waals surface area contributed by atoms with E-state index in [1.807, 2.05) is 29.0 Å². The van der Waals surface area contributed by atoms with Crippen LogP contribution in [0.4, 0.5) is 4.79 Å². The zero-order valence-electron chi connectivity index (χ0n) is 9.25. The summed E-state index contributed by atoms with van der Waals surface area (Å²) in [5.41, 5.74) is 1.61. The molecule has 0 radical (unpaired) electrons. The second-order valence-electron chi connectivity index (χ2n) is 3.54. The summed E-state index contributed by atoms with van der Waals surface area (Å²) in [5, 5.41) is 0.462. The van der Waals surface area contributed by atoms with Gasteiger partial charge >= 0.3 is 3.91 Å². The first kappa shape index (κ1) is 13.2. The number of hydrogen-bond acceptors (Lipinski definition) is 2. The molecule has 0 bridgehead atoms. The maximum Gasteiger partial charge on any atom is 0.308 e. The van der Waals surface area contributed by atoms with Gasteiger partial charge in [0.05, 0.1) is 6.54 Å². The molecule has 0 fully saturated rings. The zero-order chi connectivity index (χ0) is 13.0. The molecule has 0 unspecified atom stereocenters. The van der Waals surface area contributed by atoms with Crippen LogP contribution in [-0.2, 0) is 6.54 Å². The summed E-state index contributed by atoms with van der Waals surface area (Å²) in [6.07, 6.45) is 3.57. The SMILES string of the molecule is O=C(I)N=c1ccccn1Cc1ccc(Cl)nc1. The van der Waals surface area contributed by atoms with Gasteiger partial charge in [0.2, 0.25) is 0 Å². The normalized spacial score (nSPS) is 11.6. The van der Waals surface area contributed by atoms with Gasteiger partial charge in [0.25, 0.3) is 0 Å². The monoisotopic (exact) mass is 373 g/mol. The third-order valence-electron chi connectivity index (χ3n) is 2.26. The fraction of sp³-hybridized carbons (Fsp3) is 0.0833. The molecule has 92 valence electrons. The molecule has 2 heterocycles. The minimum Gasteiger partial charge on any atom is -0.328 e. The Labute approximate surface area is 122 Å². The molecular formula is C12H9ClIN3O. The van der Waals surface area contributed by atoms with Gasteiger partial charge in [0, 0.05) is 35.0 Å². The van der Waals surface area contributed by atoms with E-state index in [0.29, 0.717) is 17.2 Å². The number of nitrogens with zero attached hydrogens (tertiary/aromatic N) is 3. The lowest BCUT2D eigenvalue weighted by atomic mass is 10.3. The van der Waals surface area contributed by atoms with Crippen molar-refractivity contribution in [3.05, 3.63) is 58.9 Å². The Morgan fingerprint density at radius 2 is 2.22 bits per heavy atom. The Hall–Kier alpha value is -1.21. The molecule has 0 aromatic carbocycles. The lowest BCUT2D eigenvalue weighted by Crippen LogP contribution is -2.21. The van der Waals surface area contributed by atoms with Crippen molar-refractivity contribution < 1.29 is 4.79 Å².